The lowest BCUT2D eigenvalue weighted by Crippen LogP contribution is -2.56. The Bertz CT molecular complexity index is 1060. The molecule has 0 spiro atoms. The van der Waals surface area contributed by atoms with E-state index in [-0.39, 0.29) is 11.9 Å². The van der Waals surface area contributed by atoms with E-state index in [4.69, 9.17) is 18.9 Å². The number of methoxy groups -OCH3 is 3. The Morgan fingerprint density at radius 1 is 0.974 bits per heavy atom. The molecule has 2 fully saturated rings. The lowest BCUT2D eigenvalue weighted by Gasteiger charge is -2.44. The molecule has 2 atom stereocenters. The third-order valence-electron chi connectivity index (χ3n) is 7.62. The van der Waals surface area contributed by atoms with E-state index in [0.29, 0.717) is 51.4 Å². The van der Waals surface area contributed by atoms with Gasteiger partial charge >= 0.3 is 0 Å². The number of halogens is 2. The lowest BCUT2D eigenvalue weighted by atomic mass is 9.75. The monoisotopic (exact) mass is 546 g/mol. The van der Waals surface area contributed by atoms with E-state index in [2.05, 4.69) is 11.4 Å². The van der Waals surface area contributed by atoms with Crippen molar-refractivity contribution in [3.63, 3.8) is 0 Å². The van der Waals surface area contributed by atoms with Gasteiger partial charge in [-0.25, -0.2) is 8.78 Å². The van der Waals surface area contributed by atoms with Gasteiger partial charge in [0.25, 0.3) is 0 Å². The number of aryl methyl sites for hydroxylation is 1. The Balaban J connectivity index is 1.62. The number of hydrogen-bond acceptors (Lipinski definition) is 6. The van der Waals surface area contributed by atoms with Crippen molar-refractivity contribution in [3.05, 3.63) is 64.7 Å². The van der Waals surface area contributed by atoms with Crippen LogP contribution in [-0.4, -0.2) is 71.1 Å². The number of nitrogens with zero attached hydrogens (tertiary/aromatic N) is 1. The number of carbonyl (C=O) groups is 1. The molecule has 2 unspecified atom stereocenters. The topological polar surface area (TPSA) is 69.3 Å². The largest absolute Gasteiger partial charge is 0.491 e. The summed E-state index contributed by atoms with van der Waals surface area (Å²) in [4.78, 5) is 16.2. The highest BCUT2D eigenvalue weighted by molar-refractivity contribution is 5.81. The summed E-state index contributed by atoms with van der Waals surface area (Å²) in [6.07, 6.45) is 3.96. The summed E-state index contributed by atoms with van der Waals surface area (Å²) >= 11 is 0. The predicted octanol–water partition coefficient (Wildman–Crippen LogP) is 4.21. The SMILES string of the molecule is COCCCc1cc(CN(C(=O)C2CNCCC2(OC)c2cc(F)cc(F)c2)C2CC2)cc(OCCOC)c1. The molecule has 214 valence electrons. The van der Waals surface area contributed by atoms with Crippen molar-refractivity contribution in [2.75, 3.05) is 54.2 Å². The number of carbonyl (C=O) groups excluding carboxylic acids is 1. The zero-order valence-corrected chi connectivity index (χ0v) is 23.1. The first-order valence-corrected chi connectivity index (χ1v) is 13.7. The Morgan fingerprint density at radius 2 is 1.69 bits per heavy atom. The third-order valence-corrected chi connectivity index (χ3v) is 7.62. The molecule has 1 saturated carbocycles. The van der Waals surface area contributed by atoms with Gasteiger partial charge in [0.05, 0.1) is 12.5 Å². The molecule has 4 rings (SSSR count). The van der Waals surface area contributed by atoms with E-state index in [0.717, 1.165) is 48.6 Å². The number of hydrogen-bond donors (Lipinski definition) is 1. The third kappa shape index (κ3) is 7.33. The molecule has 39 heavy (non-hydrogen) atoms. The molecule has 1 N–H and O–H groups in total. The number of piperidine rings is 1. The summed E-state index contributed by atoms with van der Waals surface area (Å²) in [5, 5.41) is 3.30. The van der Waals surface area contributed by atoms with Crippen molar-refractivity contribution in [2.45, 2.75) is 50.3 Å². The number of ether oxygens (including phenoxy) is 4. The van der Waals surface area contributed by atoms with Gasteiger partial charge in [0, 0.05) is 53.1 Å². The highest BCUT2D eigenvalue weighted by Gasteiger charge is 2.50. The van der Waals surface area contributed by atoms with Gasteiger partial charge in [0.1, 0.15) is 29.6 Å². The van der Waals surface area contributed by atoms with Crippen molar-refractivity contribution < 1.29 is 32.5 Å². The first-order valence-electron chi connectivity index (χ1n) is 13.7. The maximum Gasteiger partial charge on any atom is 0.230 e. The van der Waals surface area contributed by atoms with Crippen LogP contribution in [0.4, 0.5) is 8.78 Å². The van der Waals surface area contributed by atoms with E-state index < -0.39 is 23.2 Å². The van der Waals surface area contributed by atoms with E-state index >= 15 is 0 Å². The summed E-state index contributed by atoms with van der Waals surface area (Å²) < 4.78 is 50.8. The maximum absolute atomic E-state index is 14.3. The van der Waals surface area contributed by atoms with Crippen LogP contribution in [0.2, 0.25) is 0 Å². The molecule has 9 heteroatoms. The van der Waals surface area contributed by atoms with Gasteiger partial charge in [0.15, 0.2) is 0 Å². The quantitative estimate of drug-likeness (QED) is 0.358. The van der Waals surface area contributed by atoms with Gasteiger partial charge in [0.2, 0.25) is 5.91 Å². The Kier molecular flexibility index (Phi) is 10.3. The number of amides is 1. The van der Waals surface area contributed by atoms with Crippen LogP contribution in [0.3, 0.4) is 0 Å². The van der Waals surface area contributed by atoms with Crippen LogP contribution in [0.5, 0.6) is 5.75 Å². The van der Waals surface area contributed by atoms with E-state index in [1.54, 1.807) is 14.2 Å². The second kappa shape index (κ2) is 13.7. The molecule has 1 heterocycles. The lowest BCUT2D eigenvalue weighted by molar-refractivity contribution is -0.155. The summed E-state index contributed by atoms with van der Waals surface area (Å²) in [6, 6.07) is 9.65. The fourth-order valence-corrected chi connectivity index (χ4v) is 5.53. The molecule has 7 nitrogen and oxygen atoms in total. The molecule has 1 aliphatic heterocycles. The van der Waals surface area contributed by atoms with Crippen LogP contribution in [0.25, 0.3) is 0 Å². The minimum absolute atomic E-state index is 0.0807. The van der Waals surface area contributed by atoms with Gasteiger partial charge in [-0.3, -0.25) is 4.79 Å². The minimum atomic E-state index is -1.13. The average molecular weight is 547 g/mol. The molecule has 0 radical (unpaired) electrons. The second-order valence-electron chi connectivity index (χ2n) is 10.4. The van der Waals surface area contributed by atoms with Crippen LogP contribution >= 0.6 is 0 Å². The van der Waals surface area contributed by atoms with Crippen molar-refractivity contribution in [1.29, 1.82) is 0 Å². The zero-order chi connectivity index (χ0) is 27.8. The second-order valence-corrected chi connectivity index (χ2v) is 10.4. The molecule has 2 aliphatic rings. The van der Waals surface area contributed by atoms with Gasteiger partial charge < -0.3 is 29.2 Å². The number of rotatable bonds is 14. The Hall–Kier alpha value is -2.59. The van der Waals surface area contributed by atoms with Crippen LogP contribution in [-0.2, 0) is 37.6 Å². The smallest absolute Gasteiger partial charge is 0.230 e. The summed E-state index contributed by atoms with van der Waals surface area (Å²) in [7, 11) is 4.84. The first kappa shape index (κ1) is 29.4. The molecule has 0 aromatic heterocycles. The van der Waals surface area contributed by atoms with Gasteiger partial charge in [-0.1, -0.05) is 6.07 Å². The summed E-state index contributed by atoms with van der Waals surface area (Å²) in [5.74, 6) is -1.35. The highest BCUT2D eigenvalue weighted by atomic mass is 19.1. The van der Waals surface area contributed by atoms with Gasteiger partial charge in [-0.2, -0.15) is 0 Å². The molecule has 1 amide bonds. The fraction of sp³-hybridized carbons (Fsp3) is 0.567. The van der Waals surface area contributed by atoms with Crippen LogP contribution < -0.4 is 10.1 Å². The molecule has 0 bridgehead atoms. The van der Waals surface area contributed by atoms with E-state index in [1.165, 1.54) is 19.2 Å². The number of nitrogens with one attached hydrogen (secondary N) is 1. The molecule has 1 saturated heterocycles. The van der Waals surface area contributed by atoms with Gasteiger partial charge in [-0.05, 0) is 79.6 Å². The molecule has 1 aliphatic carbocycles. The predicted molar refractivity (Wildman–Crippen MR) is 144 cm³/mol. The van der Waals surface area contributed by atoms with Crippen molar-refractivity contribution >= 4 is 5.91 Å². The van der Waals surface area contributed by atoms with Crippen LogP contribution in [0.1, 0.15) is 42.4 Å². The fourth-order valence-electron chi connectivity index (χ4n) is 5.53. The molecular formula is C30H40F2N2O5. The van der Waals surface area contributed by atoms with Crippen molar-refractivity contribution in [3.8, 4) is 5.75 Å². The minimum Gasteiger partial charge on any atom is -0.491 e. The standard InChI is InChI=1S/C30H40F2N2O5/c1-36-10-4-5-21-13-22(15-27(14-21)39-12-11-37-2)20-34(26-6-7-26)29(35)28-19-33-9-8-30(28,38-3)23-16-24(31)18-25(32)17-23/h13-18,26,28,33H,4-12,19-20H2,1-3H3. The number of benzene rings is 2. The zero-order valence-electron chi connectivity index (χ0n) is 23.1. The van der Waals surface area contributed by atoms with E-state index in [1.807, 2.05) is 17.0 Å². The van der Waals surface area contributed by atoms with Crippen molar-refractivity contribution in [2.24, 2.45) is 5.92 Å². The van der Waals surface area contributed by atoms with Crippen LogP contribution in [0.15, 0.2) is 36.4 Å². The Labute approximate surface area is 229 Å². The highest BCUT2D eigenvalue weighted by Crippen LogP contribution is 2.42. The van der Waals surface area contributed by atoms with Crippen molar-refractivity contribution in [1.82, 2.24) is 10.2 Å². The normalized spacial score (nSPS) is 21.1. The average Bonchev–Trinajstić information content (AvgIpc) is 3.76. The Morgan fingerprint density at radius 3 is 2.36 bits per heavy atom. The van der Waals surface area contributed by atoms with E-state index in [9.17, 15) is 13.6 Å². The molecular weight excluding hydrogens is 506 g/mol. The molecule has 2 aromatic rings. The maximum atomic E-state index is 14.3. The van der Waals surface area contributed by atoms with Gasteiger partial charge in [-0.15, -0.1) is 0 Å². The first-order chi connectivity index (χ1) is 18.9. The summed E-state index contributed by atoms with van der Waals surface area (Å²) in [6.45, 7) is 2.91. The molecule has 2 aromatic carbocycles. The summed E-state index contributed by atoms with van der Waals surface area (Å²) in [5.41, 5.74) is 1.31. The van der Waals surface area contributed by atoms with Crippen LogP contribution in [0, 0.1) is 17.6 Å².